The monoisotopic (exact) mass is 720 g/mol. The molecule has 0 radical (unpaired) electrons. The van der Waals surface area contributed by atoms with Crippen molar-refractivity contribution < 1.29 is 18.8 Å². The topological polar surface area (TPSA) is 143 Å². The van der Waals surface area contributed by atoms with Crippen LogP contribution in [0.15, 0.2) is 70.7 Å². The van der Waals surface area contributed by atoms with Gasteiger partial charge in [0.2, 0.25) is 11.8 Å². The minimum atomic E-state index is -0.922. The Morgan fingerprint density at radius 2 is 1.76 bits per heavy atom. The molecule has 3 aromatic rings. The number of halogens is 2. The summed E-state index contributed by atoms with van der Waals surface area (Å²) in [6, 6.07) is 13.0. The molecule has 2 aliphatic rings. The second kappa shape index (κ2) is 18.1. The number of Topliss-reactive ketones (excluding diaryl/α,β-unsaturated/α-hetero) is 1. The fraction of sp³-hybridized carbons (Fsp3) is 0.421. The summed E-state index contributed by atoms with van der Waals surface area (Å²) < 4.78 is 15.6. The van der Waals surface area contributed by atoms with Crippen LogP contribution >= 0.6 is 23.4 Å². The van der Waals surface area contributed by atoms with Gasteiger partial charge >= 0.3 is 0 Å². The highest BCUT2D eigenvalue weighted by Gasteiger charge is 2.35. The summed E-state index contributed by atoms with van der Waals surface area (Å²) in [5.41, 5.74) is 15.8. The lowest BCUT2D eigenvalue weighted by atomic mass is 9.90. The zero-order valence-corrected chi connectivity index (χ0v) is 30.0. The van der Waals surface area contributed by atoms with E-state index in [4.69, 9.17) is 23.1 Å². The standard InChI is InChI=1S/C38H46ClFN6O3S/c1-46-33(20-25-14-13-24-8-2-3-11-28(24)25)36(48)45-23-29-31(40)16-15-30(39)35(29)50-37-27(10-7-19-43-37)22-44-32(12-6-18-42)34(47)21-26(38(46)49)9-4-5-17-41/h2-3,7-8,10-11,14-16,19,26,32-33,44H,4-6,9,12-13,17-18,20-23,41-42H2,1H3,(H,45,48)/t26-,32+,33+/m1/s1. The van der Waals surface area contributed by atoms with Gasteiger partial charge in [-0.05, 0) is 85.7 Å². The molecule has 266 valence electrons. The van der Waals surface area contributed by atoms with Crippen molar-refractivity contribution >= 4 is 46.5 Å². The first-order valence-electron chi connectivity index (χ1n) is 17.3. The molecule has 0 spiro atoms. The van der Waals surface area contributed by atoms with E-state index in [9.17, 15) is 14.4 Å². The maximum absolute atomic E-state index is 15.6. The van der Waals surface area contributed by atoms with Crippen LogP contribution in [-0.4, -0.2) is 59.7 Å². The van der Waals surface area contributed by atoms with E-state index < -0.39 is 29.7 Å². The lowest BCUT2D eigenvalue weighted by Crippen LogP contribution is -2.50. The largest absolute Gasteiger partial charge is 0.350 e. The first kappa shape index (κ1) is 37.6. The molecule has 50 heavy (non-hydrogen) atoms. The first-order valence-corrected chi connectivity index (χ1v) is 18.5. The number of nitrogens with zero attached hydrogens (tertiary/aromatic N) is 2. The Morgan fingerprint density at radius 1 is 0.980 bits per heavy atom. The number of rotatable bonds is 9. The van der Waals surface area contributed by atoms with Crippen molar-refractivity contribution in [1.29, 1.82) is 0 Å². The van der Waals surface area contributed by atoms with Crippen molar-refractivity contribution in [1.82, 2.24) is 20.5 Å². The predicted octanol–water partition coefficient (Wildman–Crippen LogP) is 5.41. The number of likely N-dealkylation sites (N-methyl/N-ethyl adjacent to an activating group) is 1. The van der Waals surface area contributed by atoms with Gasteiger partial charge in [0, 0.05) is 55.6 Å². The third kappa shape index (κ3) is 9.18. The number of allylic oxidation sites excluding steroid dienone is 1. The maximum Gasteiger partial charge on any atom is 0.243 e. The first-order chi connectivity index (χ1) is 24.2. The van der Waals surface area contributed by atoms with Gasteiger partial charge in [0.15, 0.2) is 5.78 Å². The number of benzene rings is 2. The number of nitrogens with two attached hydrogens (primary N) is 2. The van der Waals surface area contributed by atoms with Crippen LogP contribution < -0.4 is 22.1 Å². The molecule has 0 saturated heterocycles. The molecule has 6 N–H and O–H groups in total. The van der Waals surface area contributed by atoms with Crippen LogP contribution in [0.1, 0.15) is 67.2 Å². The number of unbranched alkanes of at least 4 members (excludes halogenated alkanes) is 1. The van der Waals surface area contributed by atoms with Crippen molar-refractivity contribution in [3.05, 3.63) is 93.9 Å². The number of amides is 2. The molecule has 3 atom stereocenters. The zero-order valence-electron chi connectivity index (χ0n) is 28.4. The number of hydrogen-bond donors (Lipinski definition) is 4. The molecule has 2 amide bonds. The summed E-state index contributed by atoms with van der Waals surface area (Å²) in [6.45, 7) is 1.04. The van der Waals surface area contributed by atoms with Crippen molar-refractivity contribution in [3.8, 4) is 0 Å². The van der Waals surface area contributed by atoms with E-state index in [1.54, 1.807) is 19.3 Å². The number of carbonyl (C=O) groups excluding carboxylic acids is 3. The molecular weight excluding hydrogens is 675 g/mol. The third-order valence-electron chi connectivity index (χ3n) is 9.53. The molecule has 0 unspecified atom stereocenters. The SMILES string of the molecule is CN1C(=O)[C@H](CCCCN)CC(=O)[C@H](CCCN)NCc2cccnc2Sc2c(Cl)ccc(F)c2CNC(=O)[C@@H]1CC1=CCc2ccccc21. The molecule has 2 heterocycles. The smallest absolute Gasteiger partial charge is 0.243 e. The average molecular weight is 721 g/mol. The van der Waals surface area contributed by atoms with Crippen LogP contribution in [0.5, 0.6) is 0 Å². The number of ketones is 1. The summed E-state index contributed by atoms with van der Waals surface area (Å²) >= 11 is 7.88. The number of fused-ring (bicyclic) bond motifs is 3. The zero-order chi connectivity index (χ0) is 35.6. The normalized spacial score (nSPS) is 20.4. The van der Waals surface area contributed by atoms with Crippen molar-refractivity contribution in [2.24, 2.45) is 17.4 Å². The molecule has 0 fully saturated rings. The molecule has 1 aliphatic heterocycles. The molecule has 2 aromatic carbocycles. The Hall–Kier alpha value is -3.61. The molecule has 9 nitrogen and oxygen atoms in total. The van der Waals surface area contributed by atoms with E-state index in [-0.39, 0.29) is 36.6 Å². The number of pyridine rings is 1. The van der Waals surface area contributed by atoms with E-state index in [0.29, 0.717) is 66.7 Å². The molecule has 0 bridgehead atoms. The average Bonchev–Trinajstić information content (AvgIpc) is 3.53. The van der Waals surface area contributed by atoms with Crippen molar-refractivity contribution in [3.63, 3.8) is 0 Å². The van der Waals surface area contributed by atoms with Crippen LogP contribution in [0.25, 0.3) is 5.57 Å². The van der Waals surface area contributed by atoms with Gasteiger partial charge in [0.05, 0.1) is 11.1 Å². The number of nitrogens with one attached hydrogen (secondary N) is 2. The Bertz CT molecular complexity index is 1720. The van der Waals surface area contributed by atoms with Gasteiger partial charge in [-0.15, -0.1) is 0 Å². The van der Waals surface area contributed by atoms with Gasteiger partial charge < -0.3 is 27.0 Å². The van der Waals surface area contributed by atoms with E-state index in [0.717, 1.165) is 28.7 Å². The fourth-order valence-corrected chi connectivity index (χ4v) is 7.99. The van der Waals surface area contributed by atoms with Crippen LogP contribution in [0.4, 0.5) is 4.39 Å². The fourth-order valence-electron chi connectivity index (χ4n) is 6.66. The van der Waals surface area contributed by atoms with Gasteiger partial charge in [-0.25, -0.2) is 9.37 Å². The van der Waals surface area contributed by atoms with E-state index >= 15 is 4.39 Å². The summed E-state index contributed by atoms with van der Waals surface area (Å²) in [7, 11) is 1.62. The van der Waals surface area contributed by atoms with Gasteiger partial charge in [-0.1, -0.05) is 66.2 Å². The lowest BCUT2D eigenvalue weighted by Gasteiger charge is -2.32. The second-order valence-corrected chi connectivity index (χ2v) is 14.3. The van der Waals surface area contributed by atoms with Crippen LogP contribution in [0.2, 0.25) is 5.02 Å². The number of carbonyl (C=O) groups is 3. The predicted molar refractivity (Wildman–Crippen MR) is 196 cm³/mol. The summed E-state index contributed by atoms with van der Waals surface area (Å²) in [5.74, 6) is -1.99. The molecule has 12 heteroatoms. The highest BCUT2D eigenvalue weighted by molar-refractivity contribution is 7.99. The highest BCUT2D eigenvalue weighted by atomic mass is 35.5. The Kier molecular flexibility index (Phi) is 13.6. The minimum absolute atomic E-state index is 0.0107. The maximum atomic E-state index is 15.6. The molecule has 5 rings (SSSR count). The molecular formula is C38H46ClFN6O3S. The molecule has 1 aromatic heterocycles. The lowest BCUT2D eigenvalue weighted by molar-refractivity contribution is -0.143. The summed E-state index contributed by atoms with van der Waals surface area (Å²) in [4.78, 5) is 49.1. The van der Waals surface area contributed by atoms with Gasteiger partial charge in [-0.3, -0.25) is 14.4 Å². The van der Waals surface area contributed by atoms with Gasteiger partial charge in [0.1, 0.15) is 16.9 Å². The van der Waals surface area contributed by atoms with Gasteiger partial charge in [-0.2, -0.15) is 0 Å². The van der Waals surface area contributed by atoms with Gasteiger partial charge in [0.25, 0.3) is 0 Å². The van der Waals surface area contributed by atoms with E-state index in [1.165, 1.54) is 28.8 Å². The third-order valence-corrected chi connectivity index (χ3v) is 11.2. The number of aromatic nitrogens is 1. The second-order valence-electron chi connectivity index (χ2n) is 12.9. The van der Waals surface area contributed by atoms with E-state index in [1.807, 2.05) is 24.3 Å². The minimum Gasteiger partial charge on any atom is -0.350 e. The van der Waals surface area contributed by atoms with E-state index in [2.05, 4.69) is 27.8 Å². The molecule has 0 saturated carbocycles. The number of hydrogen-bond acceptors (Lipinski definition) is 8. The highest BCUT2D eigenvalue weighted by Crippen LogP contribution is 2.38. The van der Waals surface area contributed by atoms with Crippen LogP contribution in [0, 0.1) is 11.7 Å². The van der Waals surface area contributed by atoms with Crippen molar-refractivity contribution in [2.75, 3.05) is 20.1 Å². The summed E-state index contributed by atoms with van der Waals surface area (Å²) in [5, 5.41) is 7.24. The van der Waals surface area contributed by atoms with Crippen LogP contribution in [0.3, 0.4) is 0 Å². The van der Waals surface area contributed by atoms with Crippen LogP contribution in [-0.2, 0) is 33.9 Å². The Labute approximate surface area is 302 Å². The Balaban J connectivity index is 1.56. The summed E-state index contributed by atoms with van der Waals surface area (Å²) in [6.07, 6.45) is 7.67. The molecule has 1 aliphatic carbocycles. The van der Waals surface area contributed by atoms with Crippen molar-refractivity contribution in [2.45, 2.75) is 86.5 Å². The Morgan fingerprint density at radius 3 is 2.56 bits per heavy atom. The quantitative estimate of drug-likeness (QED) is 0.215.